The van der Waals surface area contributed by atoms with Gasteiger partial charge in [-0.1, -0.05) is 58.0 Å². The van der Waals surface area contributed by atoms with Crippen LogP contribution in [0.15, 0.2) is 114 Å². The molecule has 3 heterocycles. The third-order valence-electron chi connectivity index (χ3n) is 10.0. The Morgan fingerprint density at radius 1 is 0.879 bits per heavy atom. The van der Waals surface area contributed by atoms with Crippen LogP contribution in [0.1, 0.15) is 86.7 Å². The van der Waals surface area contributed by atoms with E-state index in [4.69, 9.17) is 18.5 Å². The summed E-state index contributed by atoms with van der Waals surface area (Å²) in [5, 5.41) is 10.9. The maximum absolute atomic E-state index is 9.29. The van der Waals surface area contributed by atoms with Crippen LogP contribution in [0.4, 0.5) is 0 Å². The summed E-state index contributed by atoms with van der Waals surface area (Å²) in [6.07, 6.45) is 0.281. The van der Waals surface area contributed by atoms with Crippen molar-refractivity contribution < 1.29 is 28.6 Å². The number of imidazole rings is 1. The molecule has 58 heavy (non-hydrogen) atoms. The molecule has 0 aliphatic rings. The summed E-state index contributed by atoms with van der Waals surface area (Å²) in [5.74, 6) is 8.53. The molecule has 0 aliphatic carbocycles. The number of nitrogens with zero attached hydrogens (tertiary/aromatic N) is 4. The summed E-state index contributed by atoms with van der Waals surface area (Å²) < 4.78 is 35.8. The summed E-state index contributed by atoms with van der Waals surface area (Å²) >= 11 is -2.44. The molecule has 0 fully saturated rings. The first-order valence-electron chi connectivity index (χ1n) is 21.2. The molecule has 5 nitrogen and oxygen atoms in total. The number of hydrogen-bond donors (Lipinski definition) is 0. The number of fused-ring (bicyclic) bond motifs is 4. The van der Waals surface area contributed by atoms with Crippen molar-refractivity contribution in [3.8, 4) is 34.4 Å². The van der Waals surface area contributed by atoms with Gasteiger partial charge in [0.25, 0.3) is 0 Å². The fourth-order valence-corrected chi connectivity index (χ4v) is 10.3. The average Bonchev–Trinajstić information content (AvgIpc) is 3.80. The van der Waals surface area contributed by atoms with Gasteiger partial charge in [-0.05, 0) is 35.1 Å². The van der Waals surface area contributed by atoms with Crippen molar-refractivity contribution in [2.24, 2.45) is 5.41 Å². The molecule has 8 rings (SSSR count). The molecule has 1 radical (unpaired) electrons. The van der Waals surface area contributed by atoms with Gasteiger partial charge in [-0.3, -0.25) is 4.98 Å². The fraction of sp³-hybridized carbons (Fsp3) is 0.275. The Balaban J connectivity index is 0.000000204. The number of aromatic nitrogens is 3. The number of pyridine rings is 1. The SMILES string of the molecule is CC(C)c1cccc(C(C)C)c1-n1c(-c2[c-]cccc2)nc2ccccc21.[2H]c1c(C#N)ccc2c1oc1c(-c3cc(C([2H])([2H])C(C)(C)C)[c]([Ge]([CH3])([CH3])[CH3])cn3)[c-]ccc12.[Ir]. The molecule has 0 saturated heterocycles. The predicted octanol–water partition coefficient (Wildman–Crippen LogP) is 13.2. The van der Waals surface area contributed by atoms with Crippen LogP contribution in [0.25, 0.3) is 61.3 Å². The van der Waals surface area contributed by atoms with E-state index < -0.39 is 25.1 Å². The second-order valence-electron chi connectivity index (χ2n) is 17.3. The minimum Gasteiger partial charge on any atom is 0 e. The van der Waals surface area contributed by atoms with Gasteiger partial charge in [0.1, 0.15) is 0 Å². The topological polar surface area (TPSA) is 67.6 Å². The van der Waals surface area contributed by atoms with Crippen LogP contribution in [-0.4, -0.2) is 27.8 Å². The largest absolute Gasteiger partial charge is 0 e. The summed E-state index contributed by atoms with van der Waals surface area (Å²) in [7, 11) is 0. The quantitative estimate of drug-likeness (QED) is 0.118. The third kappa shape index (κ3) is 8.78. The molecule has 8 aromatic rings. The summed E-state index contributed by atoms with van der Waals surface area (Å²) in [4.78, 5) is 9.73. The van der Waals surface area contributed by atoms with Crippen molar-refractivity contribution >= 4 is 50.6 Å². The van der Waals surface area contributed by atoms with Crippen LogP contribution >= 0.6 is 0 Å². The number of benzene rings is 5. The van der Waals surface area contributed by atoms with Crippen LogP contribution in [0, 0.1) is 28.9 Å². The van der Waals surface area contributed by atoms with Crippen LogP contribution in [0.5, 0.6) is 0 Å². The second-order valence-corrected chi connectivity index (χ2v) is 27.9. The number of para-hydroxylation sites is 3. The summed E-state index contributed by atoms with van der Waals surface area (Å²) in [6, 6.07) is 40.8. The normalized spacial score (nSPS) is 12.8. The number of rotatable bonds is 7. The molecule has 297 valence electrons. The zero-order valence-corrected chi connectivity index (χ0v) is 39.5. The monoisotopic (exact) mass is 1010 g/mol. The molecular weight excluding hydrogens is 949 g/mol. The van der Waals surface area contributed by atoms with E-state index in [1.165, 1.54) is 16.8 Å². The van der Waals surface area contributed by atoms with Gasteiger partial charge in [0, 0.05) is 25.8 Å². The van der Waals surface area contributed by atoms with E-state index in [0.717, 1.165) is 37.6 Å². The maximum atomic E-state index is 9.29. The first-order chi connectivity index (χ1) is 28.3. The minimum atomic E-state index is -2.44. The first-order valence-corrected chi connectivity index (χ1v) is 27.0. The van der Waals surface area contributed by atoms with E-state index in [1.807, 2.05) is 63.4 Å². The molecule has 0 amide bonds. The molecule has 3 aromatic heterocycles. The van der Waals surface area contributed by atoms with Gasteiger partial charge < -0.3 is 4.57 Å². The Hall–Kier alpha value is -4.80. The van der Waals surface area contributed by atoms with Crippen molar-refractivity contribution in [1.29, 1.82) is 5.26 Å². The van der Waals surface area contributed by atoms with Gasteiger partial charge in [-0.2, -0.15) is 0 Å². The van der Waals surface area contributed by atoms with Gasteiger partial charge >= 0.3 is 185 Å². The van der Waals surface area contributed by atoms with Crippen LogP contribution in [0.2, 0.25) is 17.3 Å². The Morgan fingerprint density at radius 2 is 1.59 bits per heavy atom. The Morgan fingerprint density at radius 3 is 2.22 bits per heavy atom. The standard InChI is InChI=1S/C26H27GeN2O.C25H25N2.Ir/c1-26(2,3)14-18-13-23(29-16-22(18)27(4,5)6)21-9-7-8-20-19-11-10-17(15-28)12-24(19)30-25(20)21;1-17(2)20-13-10-14-21(18(3)4)24(20)27-23-16-9-8-15-22(23)26-25(27)19-11-6-5-7-12-19;/h7-8,10-13,16H,14H2,1-6H3;5-11,13-18H,1-4H3;/q2*-1;/i12D,14D2;;. The average molecular weight is 1000 g/mol. The van der Waals surface area contributed by atoms with E-state index in [1.54, 1.807) is 18.2 Å². The molecular formula is C51H52GeIrN4O-2. The number of furan rings is 1. The molecule has 0 bridgehead atoms. The molecule has 0 saturated carbocycles. The molecule has 0 unspecified atom stereocenters. The van der Waals surface area contributed by atoms with Gasteiger partial charge in [0.15, 0.2) is 0 Å². The van der Waals surface area contributed by atoms with E-state index >= 15 is 0 Å². The summed E-state index contributed by atoms with van der Waals surface area (Å²) in [6.45, 7) is 14.8. The van der Waals surface area contributed by atoms with Crippen molar-refractivity contribution in [2.45, 2.75) is 83.9 Å². The van der Waals surface area contributed by atoms with Gasteiger partial charge in [0.05, 0.1) is 16.9 Å². The van der Waals surface area contributed by atoms with Crippen LogP contribution in [0.3, 0.4) is 0 Å². The summed E-state index contributed by atoms with van der Waals surface area (Å²) in [5.41, 5.74) is 9.58. The van der Waals surface area contributed by atoms with E-state index in [9.17, 15) is 5.26 Å². The predicted molar refractivity (Wildman–Crippen MR) is 240 cm³/mol. The molecule has 7 heteroatoms. The van der Waals surface area contributed by atoms with Crippen molar-refractivity contribution in [3.05, 3.63) is 144 Å². The third-order valence-corrected chi connectivity index (χ3v) is 14.3. The maximum Gasteiger partial charge on any atom is 0 e. The van der Waals surface area contributed by atoms with E-state index in [0.29, 0.717) is 39.8 Å². The number of hydrogen-bond acceptors (Lipinski definition) is 4. The van der Waals surface area contributed by atoms with Crippen LogP contribution < -0.4 is 4.40 Å². The Labute approximate surface area is 364 Å². The molecule has 5 aromatic carbocycles. The van der Waals surface area contributed by atoms with Gasteiger partial charge in [-0.15, -0.1) is 35.9 Å². The second kappa shape index (κ2) is 17.2. The minimum absolute atomic E-state index is 0. The van der Waals surface area contributed by atoms with Gasteiger partial charge in [0.2, 0.25) is 0 Å². The van der Waals surface area contributed by atoms with Gasteiger partial charge in [-0.25, -0.2) is 0 Å². The zero-order chi connectivity index (χ0) is 43.3. The van der Waals surface area contributed by atoms with Crippen molar-refractivity contribution in [3.63, 3.8) is 0 Å². The molecule has 0 N–H and O–H groups in total. The smallest absolute Gasteiger partial charge is 0 e. The molecule has 0 spiro atoms. The van der Waals surface area contributed by atoms with E-state index in [2.05, 4.69) is 110 Å². The fourth-order valence-electron chi connectivity index (χ4n) is 7.36. The Kier molecular flexibility index (Phi) is 11.5. The zero-order valence-electron chi connectivity index (χ0n) is 38.0. The number of nitriles is 1. The molecule has 0 atom stereocenters. The first kappa shape index (κ1) is 38.7. The van der Waals surface area contributed by atoms with E-state index in [-0.39, 0.29) is 31.7 Å². The van der Waals surface area contributed by atoms with Crippen molar-refractivity contribution in [2.75, 3.05) is 0 Å². The Bertz CT molecular complexity index is 2890. The van der Waals surface area contributed by atoms with Crippen LogP contribution in [-0.2, 0) is 26.5 Å². The van der Waals surface area contributed by atoms with Crippen molar-refractivity contribution in [1.82, 2.24) is 14.5 Å². The molecule has 0 aliphatic heterocycles.